The van der Waals surface area contributed by atoms with Gasteiger partial charge in [-0.2, -0.15) is 0 Å². The second-order valence-corrected chi connectivity index (χ2v) is 9.67. The summed E-state index contributed by atoms with van der Waals surface area (Å²) in [6.07, 6.45) is 16.1. The number of esters is 1. The molecule has 0 aromatic carbocycles. The second kappa shape index (κ2) is 13.5. The van der Waals surface area contributed by atoms with E-state index < -0.39 is 5.60 Å². The van der Waals surface area contributed by atoms with Crippen LogP contribution in [0.4, 0.5) is 0 Å². The van der Waals surface area contributed by atoms with E-state index in [-0.39, 0.29) is 5.97 Å². The summed E-state index contributed by atoms with van der Waals surface area (Å²) in [5.74, 6) is -0.204. The Bertz CT molecular complexity index is 359. The number of halogens is 2. The molecule has 1 saturated heterocycles. The van der Waals surface area contributed by atoms with Crippen LogP contribution in [-0.2, 0) is 14.3 Å². The molecule has 0 spiro atoms. The lowest BCUT2D eigenvalue weighted by Crippen LogP contribution is -2.25. The van der Waals surface area contributed by atoms with E-state index in [2.05, 4.69) is 38.8 Å². The Morgan fingerprint density at radius 3 is 1.92 bits per heavy atom. The Hall–Kier alpha value is 0.390. The molecule has 3 nitrogen and oxygen atoms in total. The number of epoxide rings is 1. The molecule has 3 atom stereocenters. The van der Waals surface area contributed by atoms with Gasteiger partial charge in [-0.25, -0.2) is 4.79 Å². The minimum Gasteiger partial charge on any atom is -0.467 e. The number of ether oxygens (including phenoxy) is 2. The van der Waals surface area contributed by atoms with Crippen LogP contribution in [0.1, 0.15) is 90.4 Å². The molecule has 0 unspecified atom stereocenters. The molecule has 1 aliphatic rings. The van der Waals surface area contributed by atoms with Crippen molar-refractivity contribution < 1.29 is 14.3 Å². The van der Waals surface area contributed by atoms with Crippen LogP contribution in [-0.4, -0.2) is 34.9 Å². The van der Waals surface area contributed by atoms with Gasteiger partial charge in [-0.05, 0) is 25.7 Å². The van der Waals surface area contributed by atoms with E-state index >= 15 is 0 Å². The van der Waals surface area contributed by atoms with E-state index in [9.17, 15) is 4.79 Å². The number of hydrogen-bond donors (Lipinski definition) is 0. The van der Waals surface area contributed by atoms with Crippen molar-refractivity contribution in [1.82, 2.24) is 0 Å². The Morgan fingerprint density at radius 1 is 0.960 bits per heavy atom. The maximum absolute atomic E-state index is 11.6. The van der Waals surface area contributed by atoms with Gasteiger partial charge in [-0.15, -0.1) is 0 Å². The molecule has 1 rings (SSSR count). The normalized spacial score (nSPS) is 21.8. The zero-order chi connectivity index (χ0) is 18.5. The molecule has 0 aromatic rings. The summed E-state index contributed by atoms with van der Waals surface area (Å²) in [5, 5.41) is 0. The molecule has 0 saturated carbocycles. The van der Waals surface area contributed by atoms with Gasteiger partial charge in [0.25, 0.3) is 0 Å². The molecule has 0 aromatic heterocycles. The number of carbonyl (C=O) groups is 1. The number of methoxy groups -OCH3 is 1. The van der Waals surface area contributed by atoms with Crippen molar-refractivity contribution in [2.24, 2.45) is 0 Å². The average Bonchev–Trinajstić information content (AvgIpc) is 3.40. The third-order valence-corrected chi connectivity index (χ3v) is 7.99. The fraction of sp³-hybridized carbons (Fsp3) is 0.950. The van der Waals surface area contributed by atoms with Crippen molar-refractivity contribution in [2.45, 2.75) is 106 Å². The van der Waals surface area contributed by atoms with Crippen LogP contribution in [0.2, 0.25) is 0 Å². The Morgan fingerprint density at radius 2 is 1.44 bits per heavy atom. The van der Waals surface area contributed by atoms with Crippen molar-refractivity contribution in [3.8, 4) is 0 Å². The number of rotatable bonds is 16. The zero-order valence-electron chi connectivity index (χ0n) is 16.0. The van der Waals surface area contributed by atoms with E-state index in [0.717, 1.165) is 19.3 Å². The highest BCUT2D eigenvalue weighted by Gasteiger charge is 2.52. The molecule has 5 heteroatoms. The maximum atomic E-state index is 11.6. The molecular weight excluding hydrogens is 448 g/mol. The summed E-state index contributed by atoms with van der Waals surface area (Å²) in [4.78, 5) is 12.7. The van der Waals surface area contributed by atoms with Crippen LogP contribution >= 0.6 is 31.9 Å². The molecule has 0 amide bonds. The smallest absolute Gasteiger partial charge is 0.340 e. The van der Waals surface area contributed by atoms with Gasteiger partial charge in [-0.3, -0.25) is 0 Å². The predicted molar refractivity (Wildman–Crippen MR) is 112 cm³/mol. The summed E-state index contributed by atoms with van der Waals surface area (Å²) in [6, 6.07) is 0. The van der Waals surface area contributed by atoms with Crippen LogP contribution in [0.3, 0.4) is 0 Å². The molecule has 0 N–H and O–H groups in total. The molecule has 148 valence electrons. The number of alkyl halides is 2. The second-order valence-electron chi connectivity index (χ2n) is 7.32. The van der Waals surface area contributed by atoms with E-state index in [4.69, 9.17) is 9.47 Å². The molecule has 1 heterocycles. The number of unbranched alkanes of at least 4 members (excludes halogenated alkanes) is 8. The van der Waals surface area contributed by atoms with Crippen LogP contribution in [0.25, 0.3) is 0 Å². The summed E-state index contributed by atoms with van der Waals surface area (Å²) >= 11 is 7.70. The summed E-state index contributed by atoms with van der Waals surface area (Å²) < 4.78 is 10.1. The minimum atomic E-state index is -0.592. The first-order valence-electron chi connectivity index (χ1n) is 10.1. The highest BCUT2D eigenvalue weighted by molar-refractivity contribution is 9.12. The van der Waals surface area contributed by atoms with E-state index in [1.165, 1.54) is 71.3 Å². The Labute approximate surface area is 171 Å². The van der Waals surface area contributed by atoms with Crippen LogP contribution < -0.4 is 0 Å². The maximum Gasteiger partial charge on any atom is 0.340 e. The highest BCUT2D eigenvalue weighted by Crippen LogP contribution is 2.34. The standard InChI is InChI=1S/C20H36Br2O3/c1-3-4-5-6-7-10-13-17(21)18(22)14-11-8-9-12-15-20(16-25-20)19(23)24-2/h17-18H,3-16H2,1-2H3/t17-,18-,20+/m0/s1. The van der Waals surface area contributed by atoms with Crippen molar-refractivity contribution in [3.05, 3.63) is 0 Å². The van der Waals surface area contributed by atoms with E-state index in [1.807, 2.05) is 0 Å². The van der Waals surface area contributed by atoms with Crippen molar-refractivity contribution in [3.63, 3.8) is 0 Å². The van der Waals surface area contributed by atoms with E-state index in [1.54, 1.807) is 0 Å². The zero-order valence-corrected chi connectivity index (χ0v) is 19.2. The first-order chi connectivity index (χ1) is 12.1. The Kier molecular flexibility index (Phi) is 12.7. The van der Waals surface area contributed by atoms with Gasteiger partial charge in [0.05, 0.1) is 13.7 Å². The van der Waals surface area contributed by atoms with E-state index in [0.29, 0.717) is 16.3 Å². The molecule has 0 radical (unpaired) electrons. The minimum absolute atomic E-state index is 0.204. The monoisotopic (exact) mass is 482 g/mol. The molecule has 1 fully saturated rings. The summed E-state index contributed by atoms with van der Waals surface area (Å²) in [6.45, 7) is 2.80. The molecular formula is C20H36Br2O3. The van der Waals surface area contributed by atoms with Gasteiger partial charge in [-0.1, -0.05) is 96.6 Å². The van der Waals surface area contributed by atoms with Gasteiger partial charge < -0.3 is 9.47 Å². The van der Waals surface area contributed by atoms with Crippen LogP contribution in [0.5, 0.6) is 0 Å². The topological polar surface area (TPSA) is 38.8 Å². The Balaban J connectivity index is 1.95. The van der Waals surface area contributed by atoms with Gasteiger partial charge in [0.1, 0.15) is 0 Å². The molecule has 0 bridgehead atoms. The predicted octanol–water partition coefficient (Wildman–Crippen LogP) is 6.55. The van der Waals surface area contributed by atoms with Crippen molar-refractivity contribution >= 4 is 37.8 Å². The highest BCUT2D eigenvalue weighted by atomic mass is 79.9. The van der Waals surface area contributed by atoms with Gasteiger partial charge in [0.2, 0.25) is 0 Å². The summed E-state index contributed by atoms with van der Waals surface area (Å²) in [5.41, 5.74) is -0.592. The lowest BCUT2D eigenvalue weighted by atomic mass is 10.0. The fourth-order valence-corrected chi connectivity index (χ4v) is 4.40. The lowest BCUT2D eigenvalue weighted by Gasteiger charge is -2.16. The average molecular weight is 484 g/mol. The van der Waals surface area contributed by atoms with Gasteiger partial charge in [0, 0.05) is 9.65 Å². The quantitative estimate of drug-likeness (QED) is 0.108. The molecule has 25 heavy (non-hydrogen) atoms. The lowest BCUT2D eigenvalue weighted by molar-refractivity contribution is -0.147. The van der Waals surface area contributed by atoms with Crippen molar-refractivity contribution in [1.29, 1.82) is 0 Å². The SMILES string of the molecule is CCCCCCCC[C@H](Br)[C@@H](Br)CCCCCC[C@]1(C(=O)OC)CO1. The third-order valence-electron chi connectivity index (χ3n) is 5.09. The van der Waals surface area contributed by atoms with Gasteiger partial charge >= 0.3 is 5.97 Å². The molecule has 0 aliphatic carbocycles. The first-order valence-corrected chi connectivity index (χ1v) is 11.9. The van der Waals surface area contributed by atoms with Crippen LogP contribution in [0, 0.1) is 0 Å². The third kappa shape index (κ3) is 9.76. The van der Waals surface area contributed by atoms with Crippen molar-refractivity contribution in [2.75, 3.05) is 13.7 Å². The molecule has 1 aliphatic heterocycles. The number of hydrogen-bond acceptors (Lipinski definition) is 3. The largest absolute Gasteiger partial charge is 0.467 e. The first kappa shape index (κ1) is 23.4. The summed E-state index contributed by atoms with van der Waals surface area (Å²) in [7, 11) is 1.43. The van der Waals surface area contributed by atoms with Gasteiger partial charge in [0.15, 0.2) is 5.60 Å². The van der Waals surface area contributed by atoms with Crippen LogP contribution in [0.15, 0.2) is 0 Å². The number of carbonyl (C=O) groups excluding carboxylic acids is 1. The fourth-order valence-electron chi connectivity index (χ4n) is 3.22.